The van der Waals surface area contributed by atoms with Crippen molar-refractivity contribution < 1.29 is 14.1 Å². The molecule has 5 heteroatoms. The van der Waals surface area contributed by atoms with Crippen molar-refractivity contribution in [2.24, 2.45) is 0 Å². The van der Waals surface area contributed by atoms with Crippen molar-refractivity contribution in [3.05, 3.63) is 76.2 Å². The zero-order valence-corrected chi connectivity index (χ0v) is 23.7. The minimum atomic E-state index is -0.119. The van der Waals surface area contributed by atoms with Crippen LogP contribution in [0.3, 0.4) is 0 Å². The van der Waals surface area contributed by atoms with Crippen LogP contribution in [0.25, 0.3) is 0 Å². The molecule has 1 aromatic heterocycles. The lowest BCUT2D eigenvalue weighted by atomic mass is 10.1. The highest BCUT2D eigenvalue weighted by atomic mass is 32.1. The van der Waals surface area contributed by atoms with Crippen LogP contribution < -0.4 is 14.6 Å². The molecule has 0 aliphatic rings. The number of hydrogen-bond acceptors (Lipinski definition) is 3. The van der Waals surface area contributed by atoms with Crippen molar-refractivity contribution in [2.45, 2.75) is 97.4 Å². The molecule has 0 spiro atoms. The Balaban J connectivity index is 1.33. The van der Waals surface area contributed by atoms with Gasteiger partial charge >= 0.3 is 0 Å². The van der Waals surface area contributed by atoms with E-state index in [1.54, 1.807) is 11.3 Å². The van der Waals surface area contributed by atoms with Gasteiger partial charge in [-0.25, -0.2) is 0 Å². The average Bonchev–Trinajstić information content (AvgIpc) is 3.32. The number of carbonyl (C=O) groups excluding carboxylic acids is 1. The highest BCUT2D eigenvalue weighted by molar-refractivity contribution is 7.09. The molecule has 0 radical (unpaired) electrons. The lowest BCUT2D eigenvalue weighted by Gasteiger charge is -2.12. The molecule has 3 aromatic rings. The van der Waals surface area contributed by atoms with Gasteiger partial charge in [0.25, 0.3) is 5.91 Å². The molecule has 0 aliphatic heterocycles. The van der Waals surface area contributed by atoms with Gasteiger partial charge in [-0.1, -0.05) is 113 Å². The van der Waals surface area contributed by atoms with Crippen LogP contribution in [-0.2, 0) is 6.54 Å². The van der Waals surface area contributed by atoms with Gasteiger partial charge in [-0.3, -0.25) is 4.79 Å². The van der Waals surface area contributed by atoms with E-state index in [0.717, 1.165) is 24.4 Å². The Labute approximate surface area is 228 Å². The molecular formula is C32H45N2O2S+. The second-order valence-corrected chi connectivity index (χ2v) is 11.1. The Hall–Kier alpha value is -2.66. The third kappa shape index (κ3) is 11.1. The zero-order chi connectivity index (χ0) is 26.1. The smallest absolute Gasteiger partial charge is 0.255 e. The Bertz CT molecular complexity index is 1040. The normalized spacial score (nSPS) is 11.0. The van der Waals surface area contributed by atoms with Gasteiger partial charge in [-0.05, 0) is 37.6 Å². The van der Waals surface area contributed by atoms with E-state index in [1.807, 2.05) is 48.5 Å². The number of carbonyl (C=O) groups is 1. The fourth-order valence-electron chi connectivity index (χ4n) is 4.52. The van der Waals surface area contributed by atoms with E-state index < -0.39 is 0 Å². The van der Waals surface area contributed by atoms with E-state index in [-0.39, 0.29) is 5.91 Å². The topological polar surface area (TPSA) is 42.2 Å². The number of amides is 1. The Kier molecular flexibility index (Phi) is 13.3. The summed E-state index contributed by atoms with van der Waals surface area (Å²) in [6.07, 6.45) is 18.1. The SMILES string of the molecule is CCCCCCCCCCCCCCOc1ccccc1NC(=O)c1ccc(C[n+]2csc(C)c2)cc1. The molecule has 200 valence electrons. The van der Waals surface area contributed by atoms with Crippen LogP contribution in [0.5, 0.6) is 5.75 Å². The van der Waals surface area contributed by atoms with E-state index in [4.69, 9.17) is 4.74 Å². The molecule has 0 fully saturated rings. The lowest BCUT2D eigenvalue weighted by Crippen LogP contribution is -2.30. The summed E-state index contributed by atoms with van der Waals surface area (Å²) in [5.41, 5.74) is 4.65. The van der Waals surface area contributed by atoms with Crippen molar-refractivity contribution in [1.29, 1.82) is 0 Å². The van der Waals surface area contributed by atoms with E-state index >= 15 is 0 Å². The van der Waals surface area contributed by atoms with Crippen LogP contribution in [0, 0.1) is 6.92 Å². The summed E-state index contributed by atoms with van der Waals surface area (Å²) in [6.45, 7) is 5.87. The molecule has 37 heavy (non-hydrogen) atoms. The van der Waals surface area contributed by atoms with E-state index in [0.29, 0.717) is 12.2 Å². The second kappa shape index (κ2) is 17.0. The molecule has 4 nitrogen and oxygen atoms in total. The van der Waals surface area contributed by atoms with E-state index in [2.05, 4.69) is 35.4 Å². The zero-order valence-electron chi connectivity index (χ0n) is 22.8. The summed E-state index contributed by atoms with van der Waals surface area (Å²) in [6, 6.07) is 15.5. The van der Waals surface area contributed by atoms with Gasteiger partial charge in [0.2, 0.25) is 5.51 Å². The molecule has 0 saturated heterocycles. The number of anilines is 1. The number of nitrogens with zero attached hydrogens (tertiary/aromatic N) is 1. The van der Waals surface area contributed by atoms with Crippen molar-refractivity contribution in [2.75, 3.05) is 11.9 Å². The fraction of sp³-hybridized carbons (Fsp3) is 0.500. The van der Waals surface area contributed by atoms with Crippen molar-refractivity contribution in [3.8, 4) is 5.75 Å². The number of benzene rings is 2. The molecule has 0 saturated carbocycles. The maximum Gasteiger partial charge on any atom is 0.255 e. The third-order valence-corrected chi connectivity index (χ3v) is 7.55. The Morgan fingerprint density at radius 3 is 2.08 bits per heavy atom. The van der Waals surface area contributed by atoms with E-state index in [1.165, 1.54) is 81.1 Å². The number of para-hydroxylation sites is 2. The van der Waals surface area contributed by atoms with Gasteiger partial charge in [0, 0.05) is 11.1 Å². The van der Waals surface area contributed by atoms with Gasteiger partial charge in [-0.15, -0.1) is 0 Å². The summed E-state index contributed by atoms with van der Waals surface area (Å²) in [5, 5.41) is 3.03. The number of unbranched alkanes of at least 4 members (excludes halogenated alkanes) is 11. The number of nitrogens with one attached hydrogen (secondary N) is 1. The molecule has 0 aliphatic carbocycles. The molecule has 0 atom stereocenters. The number of aromatic nitrogens is 1. The Morgan fingerprint density at radius 1 is 0.838 bits per heavy atom. The molecule has 0 unspecified atom stereocenters. The number of ether oxygens (including phenoxy) is 1. The predicted molar refractivity (Wildman–Crippen MR) is 156 cm³/mol. The summed E-state index contributed by atoms with van der Waals surface area (Å²) < 4.78 is 8.20. The first-order chi connectivity index (χ1) is 18.2. The van der Waals surface area contributed by atoms with Gasteiger partial charge in [-0.2, -0.15) is 4.57 Å². The van der Waals surface area contributed by atoms with Crippen LogP contribution in [0.1, 0.15) is 105 Å². The maximum absolute atomic E-state index is 12.9. The number of thiazole rings is 1. The average molecular weight is 522 g/mol. The Morgan fingerprint density at radius 2 is 1.46 bits per heavy atom. The van der Waals surface area contributed by atoms with Gasteiger partial charge in [0.05, 0.1) is 17.2 Å². The summed E-state index contributed by atoms with van der Waals surface area (Å²) in [7, 11) is 0. The van der Waals surface area contributed by atoms with Crippen LogP contribution >= 0.6 is 11.3 Å². The van der Waals surface area contributed by atoms with Crippen molar-refractivity contribution >= 4 is 22.9 Å². The molecule has 1 amide bonds. The first-order valence-electron chi connectivity index (χ1n) is 14.2. The minimum Gasteiger partial charge on any atom is -0.491 e. The summed E-state index contributed by atoms with van der Waals surface area (Å²) >= 11 is 1.74. The highest BCUT2D eigenvalue weighted by Gasteiger charge is 2.11. The minimum absolute atomic E-state index is 0.119. The fourth-order valence-corrected chi connectivity index (χ4v) is 5.15. The lowest BCUT2D eigenvalue weighted by molar-refractivity contribution is -0.683. The third-order valence-electron chi connectivity index (χ3n) is 6.69. The summed E-state index contributed by atoms with van der Waals surface area (Å²) in [5.74, 6) is 0.617. The van der Waals surface area contributed by atoms with Crippen molar-refractivity contribution in [3.63, 3.8) is 0 Å². The van der Waals surface area contributed by atoms with Crippen LogP contribution in [0.2, 0.25) is 0 Å². The first-order valence-corrected chi connectivity index (χ1v) is 15.1. The summed E-state index contributed by atoms with van der Waals surface area (Å²) in [4.78, 5) is 14.1. The quantitative estimate of drug-likeness (QED) is 0.134. The van der Waals surface area contributed by atoms with Gasteiger partial charge in [0.1, 0.15) is 5.75 Å². The van der Waals surface area contributed by atoms with Crippen LogP contribution in [-0.4, -0.2) is 12.5 Å². The monoisotopic (exact) mass is 521 g/mol. The van der Waals surface area contributed by atoms with Crippen molar-refractivity contribution in [1.82, 2.24) is 0 Å². The number of aryl methyl sites for hydroxylation is 1. The maximum atomic E-state index is 12.9. The largest absolute Gasteiger partial charge is 0.491 e. The molecule has 0 bridgehead atoms. The number of rotatable bonds is 18. The second-order valence-electron chi connectivity index (χ2n) is 10.0. The first kappa shape index (κ1) is 28.9. The predicted octanol–water partition coefficient (Wildman–Crippen LogP) is 8.72. The highest BCUT2D eigenvalue weighted by Crippen LogP contribution is 2.25. The van der Waals surface area contributed by atoms with Gasteiger partial charge in [0.15, 0.2) is 12.7 Å². The molecule has 1 N–H and O–H groups in total. The molecule has 1 heterocycles. The number of hydrogen-bond donors (Lipinski definition) is 1. The molecule has 3 rings (SSSR count). The van der Waals surface area contributed by atoms with Crippen LogP contribution in [0.15, 0.2) is 60.2 Å². The van der Waals surface area contributed by atoms with Crippen LogP contribution in [0.4, 0.5) is 5.69 Å². The standard InChI is InChI=1S/C32H44N2O2S/c1-3-4-5-6-7-8-9-10-11-12-13-16-23-36-31-18-15-14-17-30(31)33-32(35)29-21-19-28(20-22-29)25-34-24-27(2)37-26-34/h14-15,17-22,24,26H,3-13,16,23,25H2,1-2H3/p+1. The van der Waals surface area contributed by atoms with E-state index in [9.17, 15) is 4.79 Å². The van der Waals surface area contributed by atoms with Gasteiger partial charge < -0.3 is 10.1 Å². The molecule has 2 aromatic carbocycles. The molecular weight excluding hydrogens is 476 g/mol.